The van der Waals surface area contributed by atoms with Gasteiger partial charge in [0.05, 0.1) is 11.1 Å². The van der Waals surface area contributed by atoms with Crippen molar-refractivity contribution in [1.82, 2.24) is 9.38 Å². The number of rotatable bonds is 3. The largest absolute Gasteiger partial charge is 0.456 e. The summed E-state index contributed by atoms with van der Waals surface area (Å²) < 4.78 is 7.06. The van der Waals surface area contributed by atoms with E-state index in [4.69, 9.17) is 4.74 Å². The molecule has 0 fully saturated rings. The Hall–Kier alpha value is -3.13. The van der Waals surface area contributed by atoms with Crippen molar-refractivity contribution in [3.05, 3.63) is 71.8 Å². The van der Waals surface area contributed by atoms with E-state index in [1.54, 1.807) is 24.4 Å². The third-order valence-electron chi connectivity index (χ3n) is 3.11. The molecule has 0 N–H and O–H groups in total. The lowest BCUT2D eigenvalue weighted by molar-refractivity contribution is 0.0465. The van der Waals surface area contributed by atoms with Crippen LogP contribution in [-0.2, 0) is 11.3 Å². The summed E-state index contributed by atoms with van der Waals surface area (Å²) in [6.07, 6.45) is 5.17. The Bertz CT molecular complexity index is 832. The normalized spacial score (nSPS) is 10.2. The molecule has 5 heteroatoms. The summed E-state index contributed by atoms with van der Waals surface area (Å²) in [6, 6.07) is 12.8. The van der Waals surface area contributed by atoms with Gasteiger partial charge in [-0.05, 0) is 24.3 Å². The van der Waals surface area contributed by atoms with Gasteiger partial charge in [-0.3, -0.25) is 0 Å². The van der Waals surface area contributed by atoms with Crippen LogP contribution in [0.3, 0.4) is 0 Å². The molecule has 0 amide bonds. The zero-order valence-electron chi connectivity index (χ0n) is 11.1. The first-order chi connectivity index (χ1) is 10.3. The molecule has 0 unspecified atom stereocenters. The average molecular weight is 277 g/mol. The van der Waals surface area contributed by atoms with Gasteiger partial charge in [0, 0.05) is 24.2 Å². The molecular weight excluding hydrogens is 266 g/mol. The van der Waals surface area contributed by atoms with Crippen LogP contribution >= 0.6 is 0 Å². The Morgan fingerprint density at radius 3 is 2.90 bits per heavy atom. The number of aromatic nitrogens is 2. The lowest BCUT2D eigenvalue weighted by atomic mass is 10.2. The van der Waals surface area contributed by atoms with Crippen LogP contribution in [0, 0.1) is 11.3 Å². The minimum absolute atomic E-state index is 0.0416. The number of hydrogen-bond acceptors (Lipinski definition) is 4. The van der Waals surface area contributed by atoms with Crippen molar-refractivity contribution >= 4 is 11.5 Å². The van der Waals surface area contributed by atoms with E-state index in [1.807, 2.05) is 28.8 Å². The van der Waals surface area contributed by atoms with Gasteiger partial charge < -0.3 is 9.14 Å². The van der Waals surface area contributed by atoms with E-state index in [9.17, 15) is 10.1 Å². The number of esters is 1. The lowest BCUT2D eigenvalue weighted by Crippen LogP contribution is -2.07. The predicted octanol–water partition coefficient (Wildman–Crippen LogP) is 2.56. The fourth-order valence-corrected chi connectivity index (χ4v) is 2.12. The Morgan fingerprint density at radius 1 is 1.29 bits per heavy atom. The fourth-order valence-electron chi connectivity index (χ4n) is 2.12. The van der Waals surface area contributed by atoms with Crippen LogP contribution in [0.2, 0.25) is 0 Å². The highest BCUT2D eigenvalue weighted by atomic mass is 16.5. The van der Waals surface area contributed by atoms with E-state index < -0.39 is 5.97 Å². The molecule has 102 valence electrons. The zero-order chi connectivity index (χ0) is 14.7. The van der Waals surface area contributed by atoms with Crippen LogP contribution in [0.5, 0.6) is 0 Å². The van der Waals surface area contributed by atoms with Gasteiger partial charge in [-0.15, -0.1) is 0 Å². The van der Waals surface area contributed by atoms with Gasteiger partial charge >= 0.3 is 5.97 Å². The molecule has 0 aliphatic carbocycles. The summed E-state index contributed by atoms with van der Waals surface area (Å²) in [5, 5.41) is 9.27. The predicted molar refractivity (Wildman–Crippen MR) is 75.5 cm³/mol. The Morgan fingerprint density at radius 2 is 2.14 bits per heavy atom. The highest BCUT2D eigenvalue weighted by molar-refractivity contribution is 5.87. The molecule has 3 heterocycles. The maximum absolute atomic E-state index is 11.9. The summed E-state index contributed by atoms with van der Waals surface area (Å²) in [6.45, 7) is 0.0416. The minimum Gasteiger partial charge on any atom is -0.456 e. The van der Waals surface area contributed by atoms with Crippen molar-refractivity contribution in [2.45, 2.75) is 6.61 Å². The monoisotopic (exact) mass is 277 g/mol. The average Bonchev–Trinajstić information content (AvgIpc) is 2.91. The van der Waals surface area contributed by atoms with Crippen LogP contribution in [0.1, 0.15) is 21.6 Å². The van der Waals surface area contributed by atoms with Crippen molar-refractivity contribution in [3.8, 4) is 6.07 Å². The van der Waals surface area contributed by atoms with Crippen LogP contribution in [0.4, 0.5) is 0 Å². The number of fused-ring (bicyclic) bond motifs is 1. The number of carbonyl (C=O) groups excluding carboxylic acids is 1. The van der Waals surface area contributed by atoms with Gasteiger partial charge in [0.2, 0.25) is 0 Å². The first kappa shape index (κ1) is 12.9. The summed E-state index contributed by atoms with van der Waals surface area (Å²) in [5.41, 5.74) is 2.24. The van der Waals surface area contributed by atoms with Crippen molar-refractivity contribution in [2.24, 2.45) is 0 Å². The molecule has 0 atom stereocenters. The third kappa shape index (κ3) is 2.47. The fraction of sp³-hybridized carbons (Fsp3) is 0.0625. The van der Waals surface area contributed by atoms with Gasteiger partial charge in [0.1, 0.15) is 18.4 Å². The Kier molecular flexibility index (Phi) is 3.36. The second-order valence-electron chi connectivity index (χ2n) is 4.43. The van der Waals surface area contributed by atoms with E-state index >= 15 is 0 Å². The molecular formula is C16H11N3O2. The van der Waals surface area contributed by atoms with E-state index in [0.29, 0.717) is 11.1 Å². The highest BCUT2D eigenvalue weighted by Gasteiger charge is 2.13. The molecule has 0 aliphatic heterocycles. The van der Waals surface area contributed by atoms with Gasteiger partial charge in [0.25, 0.3) is 0 Å². The van der Waals surface area contributed by atoms with E-state index in [2.05, 4.69) is 11.1 Å². The van der Waals surface area contributed by atoms with Crippen molar-refractivity contribution in [2.75, 3.05) is 0 Å². The third-order valence-corrected chi connectivity index (χ3v) is 3.11. The zero-order valence-corrected chi connectivity index (χ0v) is 11.1. The smallest absolute Gasteiger partial charge is 0.357 e. The van der Waals surface area contributed by atoms with Gasteiger partial charge in [-0.1, -0.05) is 12.1 Å². The van der Waals surface area contributed by atoms with Crippen molar-refractivity contribution < 1.29 is 9.53 Å². The van der Waals surface area contributed by atoms with Crippen LogP contribution < -0.4 is 0 Å². The number of hydrogen-bond donors (Lipinski definition) is 0. The first-order valence-corrected chi connectivity index (χ1v) is 6.36. The SMILES string of the molecule is N#Cc1c(COC(=O)c2ccccn2)cn2ccccc12. The molecule has 0 bridgehead atoms. The maximum Gasteiger partial charge on any atom is 0.357 e. The topological polar surface area (TPSA) is 67.4 Å². The van der Waals surface area contributed by atoms with Crippen LogP contribution in [0.25, 0.3) is 5.52 Å². The molecule has 0 saturated carbocycles. The molecule has 3 rings (SSSR count). The minimum atomic E-state index is -0.505. The molecule has 0 radical (unpaired) electrons. The summed E-state index contributed by atoms with van der Waals surface area (Å²) in [5.74, 6) is -0.505. The molecule has 0 spiro atoms. The van der Waals surface area contributed by atoms with Crippen molar-refractivity contribution in [1.29, 1.82) is 5.26 Å². The van der Waals surface area contributed by atoms with Gasteiger partial charge in [-0.2, -0.15) is 5.26 Å². The number of carbonyl (C=O) groups is 1. The van der Waals surface area contributed by atoms with Gasteiger partial charge in [-0.25, -0.2) is 9.78 Å². The second kappa shape index (κ2) is 5.47. The van der Waals surface area contributed by atoms with E-state index in [0.717, 1.165) is 5.52 Å². The second-order valence-corrected chi connectivity index (χ2v) is 4.43. The Balaban J connectivity index is 1.83. The molecule has 0 saturated heterocycles. The number of ether oxygens (including phenoxy) is 1. The number of nitrogens with zero attached hydrogens (tertiary/aromatic N) is 3. The lowest BCUT2D eigenvalue weighted by Gasteiger charge is -2.02. The van der Waals surface area contributed by atoms with E-state index in [1.165, 1.54) is 6.20 Å². The van der Waals surface area contributed by atoms with Gasteiger partial charge in [0.15, 0.2) is 0 Å². The summed E-state index contributed by atoms with van der Waals surface area (Å²) >= 11 is 0. The quantitative estimate of drug-likeness (QED) is 0.690. The maximum atomic E-state index is 11.9. The molecule has 5 nitrogen and oxygen atoms in total. The highest BCUT2D eigenvalue weighted by Crippen LogP contribution is 2.18. The molecule has 0 aromatic carbocycles. The van der Waals surface area contributed by atoms with Crippen molar-refractivity contribution in [3.63, 3.8) is 0 Å². The summed E-state index contributed by atoms with van der Waals surface area (Å²) in [4.78, 5) is 15.8. The van der Waals surface area contributed by atoms with E-state index in [-0.39, 0.29) is 12.3 Å². The standard InChI is InChI=1S/C16H11N3O2/c17-9-13-12(10-19-8-4-2-6-15(13)19)11-21-16(20)14-5-1-3-7-18-14/h1-8,10H,11H2. The summed E-state index contributed by atoms with van der Waals surface area (Å²) in [7, 11) is 0. The molecule has 0 aliphatic rings. The first-order valence-electron chi connectivity index (χ1n) is 6.36. The molecule has 21 heavy (non-hydrogen) atoms. The number of nitriles is 1. The van der Waals surface area contributed by atoms with Crippen LogP contribution in [0.15, 0.2) is 55.0 Å². The Labute approximate surface area is 121 Å². The van der Waals surface area contributed by atoms with Crippen LogP contribution in [-0.4, -0.2) is 15.4 Å². The number of pyridine rings is 2. The molecule has 3 aromatic heterocycles. The molecule has 3 aromatic rings.